The minimum atomic E-state index is -0.439. The number of ether oxygens (including phenoxy) is 1. The zero-order chi connectivity index (χ0) is 20.2. The van der Waals surface area contributed by atoms with Crippen molar-refractivity contribution < 1.29 is 18.8 Å². The highest BCUT2D eigenvalue weighted by atomic mass is 19.1. The van der Waals surface area contributed by atoms with Gasteiger partial charge in [-0.25, -0.2) is 23.9 Å². The van der Waals surface area contributed by atoms with Crippen molar-refractivity contribution in [2.24, 2.45) is 0 Å². The fourth-order valence-corrected chi connectivity index (χ4v) is 4.52. The highest BCUT2D eigenvalue weighted by molar-refractivity contribution is 6.00. The van der Waals surface area contributed by atoms with Gasteiger partial charge >= 0.3 is 0 Å². The molecule has 3 atom stereocenters. The SMILES string of the molecule is O=C1N[C@@H]2CCC[C@@H]2Oc2ncc(F)cc2[C@@H]2CCON2c2ccn3ncc1c3n2. The summed E-state index contributed by atoms with van der Waals surface area (Å²) in [5, 5.41) is 8.95. The van der Waals surface area contributed by atoms with E-state index in [9.17, 15) is 9.18 Å². The zero-order valence-corrected chi connectivity index (χ0v) is 16.0. The normalized spacial score (nSPS) is 25.6. The number of carbonyl (C=O) groups is 1. The number of hydroxylamine groups is 1. The summed E-state index contributed by atoms with van der Waals surface area (Å²) >= 11 is 0. The van der Waals surface area contributed by atoms with Gasteiger partial charge in [0, 0.05) is 24.2 Å². The Morgan fingerprint density at radius 3 is 3.10 bits per heavy atom. The van der Waals surface area contributed by atoms with Gasteiger partial charge in [0.1, 0.15) is 17.5 Å². The molecule has 0 radical (unpaired) electrons. The standard InChI is InChI=1S/C20H19FN6O3/c21-11-8-12-15-5-7-29-27(15)17-4-6-26-18(25-17)13(10-23-26)19(28)24-14-2-1-3-16(14)30-20(12)22-9-11/h4,6,8-10,14-16H,1-3,5,7H2,(H,24,28)/t14-,15+,16+/m1/s1. The van der Waals surface area contributed by atoms with Crippen LogP contribution >= 0.6 is 0 Å². The van der Waals surface area contributed by atoms with Crippen LogP contribution in [0.2, 0.25) is 0 Å². The lowest BCUT2D eigenvalue weighted by molar-refractivity contribution is 0.0890. The molecule has 0 aromatic carbocycles. The van der Waals surface area contributed by atoms with Gasteiger partial charge in [-0.15, -0.1) is 0 Å². The van der Waals surface area contributed by atoms with Crippen molar-refractivity contribution >= 4 is 17.4 Å². The quantitative estimate of drug-likeness (QED) is 0.607. The van der Waals surface area contributed by atoms with Crippen LogP contribution in [0.1, 0.15) is 47.6 Å². The number of halogens is 1. The zero-order valence-electron chi connectivity index (χ0n) is 16.0. The molecule has 1 amide bonds. The van der Waals surface area contributed by atoms with E-state index in [1.54, 1.807) is 21.8 Å². The highest BCUT2D eigenvalue weighted by Gasteiger charge is 2.36. The predicted molar refractivity (Wildman–Crippen MR) is 102 cm³/mol. The van der Waals surface area contributed by atoms with Crippen LogP contribution in [0.3, 0.4) is 0 Å². The first kappa shape index (κ1) is 17.6. The molecule has 2 fully saturated rings. The summed E-state index contributed by atoms with van der Waals surface area (Å²) in [5.41, 5.74) is 1.44. The number of carbonyl (C=O) groups excluding carboxylic acids is 1. The minimum Gasteiger partial charge on any atom is -0.472 e. The maximum Gasteiger partial charge on any atom is 0.257 e. The second-order valence-corrected chi connectivity index (χ2v) is 7.79. The van der Waals surface area contributed by atoms with E-state index >= 15 is 0 Å². The van der Waals surface area contributed by atoms with Gasteiger partial charge in [-0.05, 0) is 25.3 Å². The van der Waals surface area contributed by atoms with E-state index < -0.39 is 5.82 Å². The molecule has 5 heterocycles. The highest BCUT2D eigenvalue weighted by Crippen LogP contribution is 2.39. The molecule has 3 aliphatic rings. The molecule has 1 saturated heterocycles. The molecule has 0 unspecified atom stereocenters. The van der Waals surface area contributed by atoms with Crippen LogP contribution in [0.4, 0.5) is 10.2 Å². The van der Waals surface area contributed by atoms with E-state index in [-0.39, 0.29) is 24.1 Å². The number of hydrogen-bond acceptors (Lipinski definition) is 7. The first-order valence-electron chi connectivity index (χ1n) is 10.1. The summed E-state index contributed by atoms with van der Waals surface area (Å²) < 4.78 is 22.0. The fraction of sp³-hybridized carbons (Fsp3) is 0.400. The fourth-order valence-electron chi connectivity index (χ4n) is 4.52. The van der Waals surface area contributed by atoms with Crippen molar-refractivity contribution in [3.05, 3.63) is 47.7 Å². The van der Waals surface area contributed by atoms with E-state index in [0.29, 0.717) is 41.5 Å². The Morgan fingerprint density at radius 2 is 2.17 bits per heavy atom. The van der Waals surface area contributed by atoms with Crippen molar-refractivity contribution in [3.8, 4) is 5.88 Å². The molecule has 2 aliphatic heterocycles. The number of anilines is 1. The third-order valence-corrected chi connectivity index (χ3v) is 5.97. The average molecular weight is 410 g/mol. The number of aromatic nitrogens is 4. The Balaban J connectivity index is 1.55. The van der Waals surface area contributed by atoms with E-state index in [2.05, 4.69) is 20.4 Å². The topological polar surface area (TPSA) is 93.9 Å². The smallest absolute Gasteiger partial charge is 0.257 e. The first-order valence-corrected chi connectivity index (χ1v) is 10.1. The molecule has 30 heavy (non-hydrogen) atoms. The molecule has 1 aliphatic carbocycles. The molecule has 2 bridgehead atoms. The van der Waals surface area contributed by atoms with Gasteiger partial charge in [-0.2, -0.15) is 5.10 Å². The third-order valence-electron chi connectivity index (χ3n) is 5.97. The second kappa shape index (κ2) is 6.63. The van der Waals surface area contributed by atoms with E-state index in [0.717, 1.165) is 25.5 Å². The number of nitrogens with zero attached hydrogens (tertiary/aromatic N) is 5. The number of pyridine rings is 1. The van der Waals surface area contributed by atoms with Crippen LogP contribution in [-0.4, -0.2) is 44.2 Å². The summed E-state index contributed by atoms with van der Waals surface area (Å²) in [5.74, 6) is 0.187. The van der Waals surface area contributed by atoms with Crippen molar-refractivity contribution in [2.75, 3.05) is 11.7 Å². The third kappa shape index (κ3) is 2.71. The lowest BCUT2D eigenvalue weighted by Crippen LogP contribution is -2.42. The second-order valence-electron chi connectivity index (χ2n) is 7.79. The summed E-state index contributed by atoms with van der Waals surface area (Å²) in [7, 11) is 0. The molecule has 1 N–H and O–H groups in total. The number of rotatable bonds is 0. The molecular weight excluding hydrogens is 391 g/mol. The Hall–Kier alpha value is -3.27. The molecule has 3 aromatic heterocycles. The minimum absolute atomic E-state index is 0.174. The summed E-state index contributed by atoms with van der Waals surface area (Å²) in [4.78, 5) is 27.7. The largest absolute Gasteiger partial charge is 0.472 e. The maximum absolute atomic E-state index is 14.2. The van der Waals surface area contributed by atoms with Crippen molar-refractivity contribution in [1.82, 2.24) is 24.9 Å². The lowest BCUT2D eigenvalue weighted by atomic mass is 10.1. The molecule has 6 rings (SSSR count). The van der Waals surface area contributed by atoms with Crippen LogP contribution in [0.5, 0.6) is 5.88 Å². The Kier molecular flexibility index (Phi) is 3.88. The monoisotopic (exact) mass is 410 g/mol. The summed E-state index contributed by atoms with van der Waals surface area (Å²) in [6, 6.07) is 2.71. The number of nitrogens with one attached hydrogen (secondary N) is 1. The summed E-state index contributed by atoms with van der Waals surface area (Å²) in [6.45, 7) is 0.451. The molecular formula is C20H19FN6O3. The Labute approximate surface area is 170 Å². The average Bonchev–Trinajstić information content (AvgIpc) is 3.48. The Bertz CT molecular complexity index is 1150. The first-order chi connectivity index (χ1) is 14.7. The number of fused-ring (bicyclic) bond motifs is 6. The van der Waals surface area contributed by atoms with E-state index in [1.165, 1.54) is 12.3 Å². The van der Waals surface area contributed by atoms with Crippen molar-refractivity contribution in [1.29, 1.82) is 0 Å². The van der Waals surface area contributed by atoms with Gasteiger partial charge in [-0.3, -0.25) is 9.63 Å². The maximum atomic E-state index is 14.2. The molecule has 3 aromatic rings. The number of hydrogen-bond donors (Lipinski definition) is 1. The number of amides is 1. The molecule has 10 heteroatoms. The predicted octanol–water partition coefficient (Wildman–Crippen LogP) is 2.19. The van der Waals surface area contributed by atoms with Crippen LogP contribution < -0.4 is 15.1 Å². The molecule has 154 valence electrons. The molecule has 1 saturated carbocycles. The van der Waals surface area contributed by atoms with Crippen molar-refractivity contribution in [2.45, 2.75) is 43.9 Å². The summed E-state index contributed by atoms with van der Waals surface area (Å²) in [6.07, 6.45) is 7.28. The van der Waals surface area contributed by atoms with Crippen LogP contribution in [0.25, 0.3) is 5.65 Å². The van der Waals surface area contributed by atoms with E-state index in [4.69, 9.17) is 9.57 Å². The van der Waals surface area contributed by atoms with Gasteiger partial charge in [0.2, 0.25) is 5.88 Å². The van der Waals surface area contributed by atoms with Crippen molar-refractivity contribution in [3.63, 3.8) is 0 Å². The van der Waals surface area contributed by atoms with Gasteiger partial charge in [0.25, 0.3) is 5.91 Å². The van der Waals surface area contributed by atoms with E-state index in [1.807, 2.05) is 0 Å². The molecule has 9 nitrogen and oxygen atoms in total. The lowest BCUT2D eigenvalue weighted by Gasteiger charge is -2.26. The molecule has 0 spiro atoms. The van der Waals surface area contributed by atoms with Gasteiger partial charge < -0.3 is 10.1 Å². The van der Waals surface area contributed by atoms with Crippen LogP contribution in [-0.2, 0) is 4.84 Å². The van der Waals surface area contributed by atoms with Gasteiger partial charge in [-0.1, -0.05) is 0 Å². The van der Waals surface area contributed by atoms with Crippen LogP contribution in [0.15, 0.2) is 30.7 Å². The van der Waals surface area contributed by atoms with Crippen LogP contribution in [0, 0.1) is 5.82 Å². The Morgan fingerprint density at radius 1 is 1.23 bits per heavy atom. The van der Waals surface area contributed by atoms with Gasteiger partial charge in [0.05, 0.1) is 31.1 Å². The van der Waals surface area contributed by atoms with Gasteiger partial charge in [0.15, 0.2) is 11.5 Å².